The summed E-state index contributed by atoms with van der Waals surface area (Å²) in [5.41, 5.74) is 7.70. The number of β-amino-alcohol motifs (C(OH)–C–C–N with tert-alkyl or cyclic N) is 1. The van der Waals surface area contributed by atoms with Gasteiger partial charge in [-0.15, -0.1) is 0 Å². The van der Waals surface area contributed by atoms with Crippen LogP contribution in [0.2, 0.25) is 0 Å². The van der Waals surface area contributed by atoms with Crippen molar-refractivity contribution >= 4 is 11.8 Å². The Morgan fingerprint density at radius 2 is 2.10 bits per heavy atom. The molecule has 2 unspecified atom stereocenters. The molecular formula is C14H25N5O. The van der Waals surface area contributed by atoms with Gasteiger partial charge < -0.3 is 16.2 Å². The van der Waals surface area contributed by atoms with E-state index in [-0.39, 0.29) is 12.0 Å². The third-order valence-electron chi connectivity index (χ3n) is 3.95. The summed E-state index contributed by atoms with van der Waals surface area (Å²) in [5.74, 6) is 1.03. The number of aliphatic hydroxyl groups excluding tert-OH is 1. The largest absolute Gasteiger partial charge is 0.390 e. The van der Waals surface area contributed by atoms with E-state index in [9.17, 15) is 5.11 Å². The molecular weight excluding hydrogens is 254 g/mol. The number of aromatic nitrogens is 2. The van der Waals surface area contributed by atoms with Crippen LogP contribution in [0.15, 0.2) is 0 Å². The molecule has 6 heteroatoms. The number of hydrogen-bond acceptors (Lipinski definition) is 6. The van der Waals surface area contributed by atoms with Gasteiger partial charge in [0.1, 0.15) is 5.82 Å². The van der Waals surface area contributed by atoms with Crippen LogP contribution in [0.3, 0.4) is 0 Å². The summed E-state index contributed by atoms with van der Waals surface area (Å²) in [6, 6.07) is 0.413. The Hall–Kier alpha value is -1.40. The summed E-state index contributed by atoms with van der Waals surface area (Å²) in [5, 5.41) is 13.5. The minimum atomic E-state index is -0.390. The SMILES string of the molecule is CCc1c(C)nc(N)nc1NC1CN(C(C)C)CC1O. The van der Waals surface area contributed by atoms with Crippen molar-refractivity contribution in [1.29, 1.82) is 0 Å². The number of nitrogens with two attached hydrogens (primary N) is 1. The van der Waals surface area contributed by atoms with Crippen LogP contribution in [0.4, 0.5) is 11.8 Å². The van der Waals surface area contributed by atoms with Gasteiger partial charge in [-0.1, -0.05) is 6.92 Å². The number of rotatable bonds is 4. The predicted molar refractivity (Wildman–Crippen MR) is 80.7 cm³/mol. The van der Waals surface area contributed by atoms with Crippen molar-refractivity contribution in [3.05, 3.63) is 11.3 Å². The summed E-state index contributed by atoms with van der Waals surface area (Å²) < 4.78 is 0. The second-order valence-corrected chi connectivity index (χ2v) is 5.71. The number of aliphatic hydroxyl groups is 1. The molecule has 0 saturated carbocycles. The fourth-order valence-corrected chi connectivity index (χ4v) is 2.72. The Labute approximate surface area is 120 Å². The normalized spacial score (nSPS) is 23.5. The van der Waals surface area contributed by atoms with Gasteiger partial charge in [-0.05, 0) is 27.2 Å². The third kappa shape index (κ3) is 3.02. The van der Waals surface area contributed by atoms with E-state index in [4.69, 9.17) is 5.73 Å². The Morgan fingerprint density at radius 1 is 1.40 bits per heavy atom. The minimum absolute atomic E-state index is 0.0172. The highest BCUT2D eigenvalue weighted by atomic mass is 16.3. The number of nitrogens with zero attached hydrogens (tertiary/aromatic N) is 3. The van der Waals surface area contributed by atoms with Gasteiger partial charge in [0.15, 0.2) is 0 Å². The minimum Gasteiger partial charge on any atom is -0.390 e. The van der Waals surface area contributed by atoms with Crippen molar-refractivity contribution in [3.63, 3.8) is 0 Å². The Morgan fingerprint density at radius 3 is 2.65 bits per heavy atom. The van der Waals surface area contributed by atoms with Crippen LogP contribution in [-0.4, -0.2) is 51.3 Å². The van der Waals surface area contributed by atoms with E-state index in [1.165, 1.54) is 0 Å². The third-order valence-corrected chi connectivity index (χ3v) is 3.95. The summed E-state index contributed by atoms with van der Waals surface area (Å²) in [6.07, 6.45) is 0.448. The fourth-order valence-electron chi connectivity index (χ4n) is 2.72. The topological polar surface area (TPSA) is 87.3 Å². The number of aryl methyl sites for hydroxylation is 1. The average Bonchev–Trinajstić information content (AvgIpc) is 2.71. The molecule has 0 radical (unpaired) electrons. The molecule has 112 valence electrons. The molecule has 4 N–H and O–H groups in total. The van der Waals surface area contributed by atoms with E-state index in [2.05, 4.69) is 41.0 Å². The number of nitrogens with one attached hydrogen (secondary N) is 1. The van der Waals surface area contributed by atoms with Crippen LogP contribution < -0.4 is 11.1 Å². The molecule has 1 aromatic rings. The molecule has 0 spiro atoms. The molecule has 1 fully saturated rings. The first-order chi connectivity index (χ1) is 9.42. The van der Waals surface area contributed by atoms with Crippen molar-refractivity contribution in [2.24, 2.45) is 0 Å². The smallest absolute Gasteiger partial charge is 0.222 e. The van der Waals surface area contributed by atoms with Crippen LogP contribution in [0.1, 0.15) is 32.0 Å². The predicted octanol–water partition coefficient (Wildman–Crippen LogP) is 0.795. The summed E-state index contributed by atoms with van der Waals surface area (Å²) in [6.45, 7) is 9.78. The molecule has 1 aliphatic heterocycles. The zero-order chi connectivity index (χ0) is 14.9. The lowest BCUT2D eigenvalue weighted by atomic mass is 10.1. The zero-order valence-corrected chi connectivity index (χ0v) is 12.7. The molecule has 2 rings (SSSR count). The molecule has 0 bridgehead atoms. The van der Waals surface area contributed by atoms with Crippen molar-refractivity contribution in [1.82, 2.24) is 14.9 Å². The van der Waals surface area contributed by atoms with Gasteiger partial charge in [-0.25, -0.2) is 4.98 Å². The number of nitrogen functional groups attached to an aromatic ring is 1. The van der Waals surface area contributed by atoms with Gasteiger partial charge in [0.25, 0.3) is 0 Å². The second kappa shape index (κ2) is 5.93. The molecule has 6 nitrogen and oxygen atoms in total. The van der Waals surface area contributed by atoms with Crippen LogP contribution in [0.5, 0.6) is 0 Å². The first-order valence-electron chi connectivity index (χ1n) is 7.24. The fraction of sp³-hybridized carbons (Fsp3) is 0.714. The molecule has 1 aromatic heterocycles. The highest BCUT2D eigenvalue weighted by Gasteiger charge is 2.33. The Bertz CT molecular complexity index is 477. The molecule has 20 heavy (non-hydrogen) atoms. The van der Waals surface area contributed by atoms with Gasteiger partial charge >= 0.3 is 0 Å². The van der Waals surface area contributed by atoms with Crippen molar-refractivity contribution < 1.29 is 5.11 Å². The monoisotopic (exact) mass is 279 g/mol. The highest BCUT2D eigenvalue weighted by molar-refractivity contribution is 5.50. The number of hydrogen-bond donors (Lipinski definition) is 3. The molecule has 0 aromatic carbocycles. The first-order valence-corrected chi connectivity index (χ1v) is 7.24. The van der Waals surface area contributed by atoms with E-state index < -0.39 is 6.10 Å². The van der Waals surface area contributed by atoms with Gasteiger partial charge in [0.05, 0.1) is 12.1 Å². The van der Waals surface area contributed by atoms with Crippen molar-refractivity contribution in [3.8, 4) is 0 Å². The Balaban J connectivity index is 2.18. The number of anilines is 2. The van der Waals surface area contributed by atoms with Gasteiger partial charge in [0.2, 0.25) is 5.95 Å². The Kier molecular flexibility index (Phi) is 4.45. The van der Waals surface area contributed by atoms with Gasteiger partial charge in [-0.3, -0.25) is 4.90 Å². The lowest BCUT2D eigenvalue weighted by Gasteiger charge is -2.21. The van der Waals surface area contributed by atoms with Crippen molar-refractivity contribution in [2.75, 3.05) is 24.1 Å². The quantitative estimate of drug-likeness (QED) is 0.755. The maximum atomic E-state index is 10.2. The molecule has 0 aliphatic carbocycles. The van der Waals surface area contributed by atoms with E-state index in [0.717, 1.165) is 30.0 Å². The molecule has 1 saturated heterocycles. The second-order valence-electron chi connectivity index (χ2n) is 5.71. The van der Waals surface area contributed by atoms with Gasteiger partial charge in [0, 0.05) is 30.4 Å². The maximum Gasteiger partial charge on any atom is 0.222 e. The molecule has 2 heterocycles. The summed E-state index contributed by atoms with van der Waals surface area (Å²) in [4.78, 5) is 10.7. The van der Waals surface area contributed by atoms with Crippen LogP contribution >= 0.6 is 0 Å². The van der Waals surface area contributed by atoms with Gasteiger partial charge in [-0.2, -0.15) is 4.98 Å². The first kappa shape index (κ1) is 15.0. The molecule has 0 amide bonds. The lowest BCUT2D eigenvalue weighted by Crippen LogP contribution is -2.33. The lowest BCUT2D eigenvalue weighted by molar-refractivity contribution is 0.161. The van der Waals surface area contributed by atoms with E-state index in [1.54, 1.807) is 0 Å². The summed E-state index contributed by atoms with van der Waals surface area (Å²) in [7, 11) is 0. The highest BCUT2D eigenvalue weighted by Crippen LogP contribution is 2.22. The zero-order valence-electron chi connectivity index (χ0n) is 12.7. The van der Waals surface area contributed by atoms with Crippen LogP contribution in [0.25, 0.3) is 0 Å². The van der Waals surface area contributed by atoms with Crippen LogP contribution in [0, 0.1) is 6.92 Å². The molecule has 1 aliphatic rings. The average molecular weight is 279 g/mol. The van der Waals surface area contributed by atoms with E-state index >= 15 is 0 Å². The van der Waals surface area contributed by atoms with E-state index in [0.29, 0.717) is 12.6 Å². The van der Waals surface area contributed by atoms with Crippen molar-refractivity contribution in [2.45, 2.75) is 52.3 Å². The standard InChI is InChI=1S/C14H25N5O/c1-5-10-9(4)16-14(15)18-13(10)17-11-6-19(8(2)3)7-12(11)20/h8,11-12,20H,5-7H2,1-4H3,(H3,15,16,17,18). The van der Waals surface area contributed by atoms with Crippen LogP contribution in [-0.2, 0) is 6.42 Å². The maximum absolute atomic E-state index is 10.2. The number of likely N-dealkylation sites (tertiary alicyclic amines) is 1. The molecule has 2 atom stereocenters. The summed E-state index contributed by atoms with van der Waals surface area (Å²) >= 11 is 0. The van der Waals surface area contributed by atoms with E-state index in [1.807, 2.05) is 6.92 Å².